The molecule has 1 aliphatic rings. The fraction of sp³-hybridized carbons (Fsp3) is 0.600. The second kappa shape index (κ2) is 6.06. The van der Waals surface area contributed by atoms with Crippen LogP contribution in [0.2, 0.25) is 0 Å². The summed E-state index contributed by atoms with van der Waals surface area (Å²) in [5.74, 6) is 1.91. The van der Waals surface area contributed by atoms with Crippen LogP contribution in [-0.2, 0) is 0 Å². The van der Waals surface area contributed by atoms with Crippen molar-refractivity contribution in [3.8, 4) is 5.75 Å². The van der Waals surface area contributed by atoms with Gasteiger partial charge in [-0.05, 0) is 42.9 Å². The highest BCUT2D eigenvalue weighted by molar-refractivity contribution is 5.30. The number of ether oxygens (including phenoxy) is 1. The summed E-state index contributed by atoms with van der Waals surface area (Å²) in [7, 11) is 0. The number of hydrogen-bond donors (Lipinski definition) is 1. The predicted molar refractivity (Wildman–Crippen MR) is 71.1 cm³/mol. The molecule has 1 fully saturated rings. The van der Waals surface area contributed by atoms with Gasteiger partial charge in [0.2, 0.25) is 0 Å². The molecule has 0 aromatic heterocycles. The quantitative estimate of drug-likeness (QED) is 0.780. The monoisotopic (exact) mass is 233 g/mol. The Morgan fingerprint density at radius 2 is 2.24 bits per heavy atom. The summed E-state index contributed by atoms with van der Waals surface area (Å²) in [6.45, 7) is 2.89. The first-order valence-corrected chi connectivity index (χ1v) is 6.78. The minimum absolute atomic E-state index is 0.167. The molecule has 0 bridgehead atoms. The van der Waals surface area contributed by atoms with Gasteiger partial charge in [-0.3, -0.25) is 0 Å². The highest BCUT2D eigenvalue weighted by atomic mass is 16.5. The first-order valence-electron chi connectivity index (χ1n) is 6.78. The average Bonchev–Trinajstić information content (AvgIpc) is 3.18. The summed E-state index contributed by atoms with van der Waals surface area (Å²) in [4.78, 5) is 0. The molecule has 2 nitrogen and oxygen atoms in total. The molecule has 0 spiro atoms. The lowest BCUT2D eigenvalue weighted by molar-refractivity contribution is 0.317. The van der Waals surface area contributed by atoms with Gasteiger partial charge in [-0.25, -0.2) is 0 Å². The maximum Gasteiger partial charge on any atom is 0.119 e. The van der Waals surface area contributed by atoms with Crippen LogP contribution in [0.3, 0.4) is 0 Å². The van der Waals surface area contributed by atoms with E-state index in [9.17, 15) is 0 Å². The van der Waals surface area contributed by atoms with Crippen LogP contribution in [0.15, 0.2) is 24.3 Å². The fourth-order valence-electron chi connectivity index (χ4n) is 2.04. The molecule has 17 heavy (non-hydrogen) atoms. The van der Waals surface area contributed by atoms with Crippen LogP contribution < -0.4 is 10.5 Å². The van der Waals surface area contributed by atoms with Gasteiger partial charge >= 0.3 is 0 Å². The van der Waals surface area contributed by atoms with E-state index in [2.05, 4.69) is 19.1 Å². The van der Waals surface area contributed by atoms with Crippen LogP contribution in [-0.4, -0.2) is 6.61 Å². The van der Waals surface area contributed by atoms with E-state index < -0.39 is 0 Å². The molecule has 0 radical (unpaired) electrons. The van der Waals surface area contributed by atoms with E-state index in [0.717, 1.165) is 31.1 Å². The summed E-state index contributed by atoms with van der Waals surface area (Å²) in [6.07, 6.45) is 6.24. The molecule has 1 unspecified atom stereocenters. The zero-order chi connectivity index (χ0) is 12.1. The molecule has 0 amide bonds. The van der Waals surface area contributed by atoms with E-state index in [-0.39, 0.29) is 6.04 Å². The summed E-state index contributed by atoms with van der Waals surface area (Å²) < 4.78 is 5.63. The number of nitrogens with two attached hydrogens (primary N) is 1. The van der Waals surface area contributed by atoms with Crippen molar-refractivity contribution in [1.82, 2.24) is 0 Å². The van der Waals surface area contributed by atoms with Gasteiger partial charge in [0.25, 0.3) is 0 Å². The molecule has 94 valence electrons. The zero-order valence-electron chi connectivity index (χ0n) is 10.7. The SMILES string of the molecule is CCCOc1cccc(C(N)CCC2CC2)c1. The molecule has 2 N–H and O–H groups in total. The standard InChI is InChI=1S/C15H23NO/c1-2-10-17-14-5-3-4-13(11-14)15(16)9-8-12-6-7-12/h3-5,11-12,15H,2,6-10,16H2,1H3. The summed E-state index contributed by atoms with van der Waals surface area (Å²) in [5.41, 5.74) is 7.42. The molecule has 0 aliphatic heterocycles. The third-order valence-corrected chi connectivity index (χ3v) is 3.34. The largest absolute Gasteiger partial charge is 0.494 e. The molecule has 2 rings (SSSR count). The van der Waals surface area contributed by atoms with Gasteiger partial charge in [0, 0.05) is 6.04 Å². The van der Waals surface area contributed by atoms with Crippen molar-refractivity contribution < 1.29 is 4.74 Å². The molecular weight excluding hydrogens is 210 g/mol. The summed E-state index contributed by atoms with van der Waals surface area (Å²) >= 11 is 0. The normalized spacial score (nSPS) is 16.8. The lowest BCUT2D eigenvalue weighted by atomic mass is 10.0. The third-order valence-electron chi connectivity index (χ3n) is 3.34. The Morgan fingerprint density at radius 1 is 1.41 bits per heavy atom. The first-order chi connectivity index (χ1) is 8.29. The van der Waals surface area contributed by atoms with Crippen LogP contribution in [0.5, 0.6) is 5.75 Å². The van der Waals surface area contributed by atoms with Crippen molar-refractivity contribution in [3.63, 3.8) is 0 Å². The number of hydrogen-bond acceptors (Lipinski definition) is 2. The van der Waals surface area contributed by atoms with E-state index in [1.807, 2.05) is 12.1 Å². The third kappa shape index (κ3) is 4.04. The van der Waals surface area contributed by atoms with Crippen molar-refractivity contribution >= 4 is 0 Å². The van der Waals surface area contributed by atoms with E-state index in [1.165, 1.54) is 24.8 Å². The van der Waals surface area contributed by atoms with Gasteiger partial charge in [-0.2, -0.15) is 0 Å². The van der Waals surface area contributed by atoms with Gasteiger partial charge in [0.15, 0.2) is 0 Å². The molecule has 0 saturated heterocycles. The Balaban J connectivity index is 1.88. The topological polar surface area (TPSA) is 35.2 Å². The Bertz CT molecular complexity index is 347. The Hall–Kier alpha value is -1.02. The van der Waals surface area contributed by atoms with Crippen molar-refractivity contribution in [2.75, 3.05) is 6.61 Å². The molecule has 0 heterocycles. The maximum atomic E-state index is 6.21. The first kappa shape index (κ1) is 12.4. The van der Waals surface area contributed by atoms with Gasteiger partial charge in [-0.1, -0.05) is 31.9 Å². The molecule has 1 aliphatic carbocycles. The molecular formula is C15H23NO. The highest BCUT2D eigenvalue weighted by Crippen LogP contribution is 2.35. The molecule has 1 saturated carbocycles. The highest BCUT2D eigenvalue weighted by Gasteiger charge is 2.21. The van der Waals surface area contributed by atoms with Crippen LogP contribution in [0.1, 0.15) is 50.6 Å². The summed E-state index contributed by atoms with van der Waals surface area (Å²) in [5, 5.41) is 0. The average molecular weight is 233 g/mol. The smallest absolute Gasteiger partial charge is 0.119 e. The molecule has 2 heteroatoms. The van der Waals surface area contributed by atoms with Crippen LogP contribution in [0.25, 0.3) is 0 Å². The predicted octanol–water partition coefficient (Wildman–Crippen LogP) is 3.67. The van der Waals surface area contributed by atoms with Gasteiger partial charge < -0.3 is 10.5 Å². The molecule has 1 atom stereocenters. The summed E-state index contributed by atoms with van der Waals surface area (Å²) in [6, 6.07) is 8.41. The lowest BCUT2D eigenvalue weighted by Gasteiger charge is -2.13. The van der Waals surface area contributed by atoms with Gasteiger partial charge in [0.05, 0.1) is 6.61 Å². The molecule has 1 aromatic carbocycles. The van der Waals surface area contributed by atoms with E-state index >= 15 is 0 Å². The van der Waals surface area contributed by atoms with Crippen molar-refractivity contribution in [1.29, 1.82) is 0 Å². The second-order valence-corrected chi connectivity index (χ2v) is 5.05. The van der Waals surface area contributed by atoms with Crippen molar-refractivity contribution in [3.05, 3.63) is 29.8 Å². The van der Waals surface area contributed by atoms with Gasteiger partial charge in [0.1, 0.15) is 5.75 Å². The van der Waals surface area contributed by atoms with E-state index in [1.54, 1.807) is 0 Å². The zero-order valence-corrected chi connectivity index (χ0v) is 10.7. The Morgan fingerprint density at radius 3 is 2.94 bits per heavy atom. The van der Waals surface area contributed by atoms with E-state index in [0.29, 0.717) is 0 Å². The minimum Gasteiger partial charge on any atom is -0.494 e. The minimum atomic E-state index is 0.167. The lowest BCUT2D eigenvalue weighted by Crippen LogP contribution is -2.10. The number of rotatable bonds is 7. The Kier molecular flexibility index (Phi) is 4.43. The fourth-order valence-corrected chi connectivity index (χ4v) is 2.04. The van der Waals surface area contributed by atoms with Gasteiger partial charge in [-0.15, -0.1) is 0 Å². The second-order valence-electron chi connectivity index (χ2n) is 5.05. The van der Waals surface area contributed by atoms with Crippen LogP contribution >= 0.6 is 0 Å². The molecule has 1 aromatic rings. The van der Waals surface area contributed by atoms with Crippen molar-refractivity contribution in [2.45, 2.75) is 45.1 Å². The van der Waals surface area contributed by atoms with Crippen LogP contribution in [0.4, 0.5) is 0 Å². The van der Waals surface area contributed by atoms with Crippen LogP contribution in [0, 0.1) is 5.92 Å². The van der Waals surface area contributed by atoms with E-state index in [4.69, 9.17) is 10.5 Å². The maximum absolute atomic E-state index is 6.21. The van der Waals surface area contributed by atoms with Crippen molar-refractivity contribution in [2.24, 2.45) is 11.7 Å². The Labute approximate surface area is 104 Å². The number of benzene rings is 1.